The molecule has 0 amide bonds. The van der Waals surface area contributed by atoms with Gasteiger partial charge in [0.15, 0.2) is 37.4 Å². The average Bonchev–Trinajstić information content (AvgIpc) is 3.08. The molecular weight excluding hydrogens is 694 g/mol. The van der Waals surface area contributed by atoms with Gasteiger partial charge in [0.2, 0.25) is 0 Å². The van der Waals surface area contributed by atoms with Crippen LogP contribution in [0.4, 0.5) is 0 Å². The molecule has 0 spiro atoms. The van der Waals surface area contributed by atoms with Crippen LogP contribution >= 0.6 is 0 Å². The predicted octanol–water partition coefficient (Wildman–Crippen LogP) is -9.58. The predicted molar refractivity (Wildman–Crippen MR) is 148 cm³/mol. The summed E-state index contributed by atoms with van der Waals surface area (Å²) >= 11 is 0. The van der Waals surface area contributed by atoms with Crippen molar-refractivity contribution < 1.29 is 114 Å². The van der Waals surface area contributed by atoms with Gasteiger partial charge in [0, 0.05) is 6.54 Å². The monoisotopic (exact) mass is 737 g/mol. The molecule has 4 saturated heterocycles. The van der Waals surface area contributed by atoms with E-state index in [1.807, 2.05) is 0 Å². The van der Waals surface area contributed by atoms with E-state index in [1.165, 1.54) is 0 Å². The molecule has 0 aromatic rings. The molecule has 0 saturated carbocycles. The number of aliphatic carboxylic acids is 2. The van der Waals surface area contributed by atoms with Crippen molar-refractivity contribution in [3.05, 3.63) is 0 Å². The summed E-state index contributed by atoms with van der Waals surface area (Å²) in [5.74, 6) is -3.57. The molecule has 24 heteroatoms. The van der Waals surface area contributed by atoms with Crippen LogP contribution in [0, 0.1) is 0 Å². The molecule has 4 rings (SSSR count). The first-order valence-electron chi connectivity index (χ1n) is 15.3. The Morgan fingerprint density at radius 1 is 0.500 bits per heavy atom. The first-order valence-corrected chi connectivity index (χ1v) is 15.3. The minimum Gasteiger partial charge on any atom is -0.479 e. The van der Waals surface area contributed by atoms with Crippen LogP contribution in [0.3, 0.4) is 0 Å². The topological polar surface area (TPSA) is 397 Å². The lowest BCUT2D eigenvalue weighted by Gasteiger charge is -2.48. The van der Waals surface area contributed by atoms with Gasteiger partial charge in [-0.1, -0.05) is 0 Å². The van der Waals surface area contributed by atoms with Crippen LogP contribution in [0.25, 0.3) is 0 Å². The highest BCUT2D eigenvalue weighted by molar-refractivity contribution is 5.73. The summed E-state index contributed by atoms with van der Waals surface area (Å²) in [4.78, 5) is 23.4. The fourth-order valence-corrected chi connectivity index (χ4v) is 5.82. The minimum atomic E-state index is -2.25. The molecule has 0 aromatic heterocycles. The molecule has 0 unspecified atom stereocenters. The molecule has 0 aromatic carbocycles. The maximum absolute atomic E-state index is 12.0. The number of nitrogens with two attached hydrogens (primary N) is 1. The summed E-state index contributed by atoms with van der Waals surface area (Å²) in [7, 11) is 0. The van der Waals surface area contributed by atoms with Gasteiger partial charge in [-0.3, -0.25) is 0 Å². The number of carboxylic acids is 2. The SMILES string of the molecule is NCCO[C@@H]1O[C@@H](CO)[C@@H](O[C@@H]2O[C@H](C(=O)O)[C@@H](O)[C@H](O[C@@H]3O[C@H](CO)[C@@H](O[C@@H]4O[C@H](C(=O)O)[C@@H](O)[C@@H](O)[C@@H]4O)[C@H](O)[C@@H]3O)[C@H]2O)[C@@H](O)[C@H]1O. The average molecular weight is 738 g/mol. The molecule has 4 fully saturated rings. The number of ether oxygens (including phenoxy) is 8. The lowest BCUT2D eigenvalue weighted by molar-refractivity contribution is -0.385. The third kappa shape index (κ3) is 8.35. The molecule has 0 aliphatic carbocycles. The number of carboxylic acid groups (broad SMARTS) is 2. The van der Waals surface area contributed by atoms with Crippen LogP contribution in [0.1, 0.15) is 0 Å². The Balaban J connectivity index is 1.50. The van der Waals surface area contributed by atoms with E-state index >= 15 is 0 Å². The van der Waals surface area contributed by atoms with E-state index in [1.54, 1.807) is 0 Å². The second-order valence-electron chi connectivity index (χ2n) is 11.9. The van der Waals surface area contributed by atoms with Crippen LogP contribution in [0.15, 0.2) is 0 Å². The van der Waals surface area contributed by atoms with E-state index in [4.69, 9.17) is 43.6 Å². The summed E-state index contributed by atoms with van der Waals surface area (Å²) in [5, 5.41) is 134. The Hall–Kier alpha value is -1.86. The normalized spacial score (nSPS) is 48.6. The Labute approximate surface area is 281 Å². The van der Waals surface area contributed by atoms with E-state index in [0.717, 1.165) is 0 Å². The summed E-state index contributed by atoms with van der Waals surface area (Å²) < 4.78 is 42.7. The van der Waals surface area contributed by atoms with Gasteiger partial charge in [-0.15, -0.1) is 0 Å². The number of aliphatic hydroxyl groups excluding tert-OH is 11. The zero-order valence-electron chi connectivity index (χ0n) is 25.8. The maximum Gasteiger partial charge on any atom is 0.335 e. The van der Waals surface area contributed by atoms with Crippen molar-refractivity contribution in [2.75, 3.05) is 26.4 Å². The largest absolute Gasteiger partial charge is 0.479 e. The van der Waals surface area contributed by atoms with E-state index in [-0.39, 0.29) is 13.2 Å². The summed E-state index contributed by atoms with van der Waals surface area (Å²) in [6.07, 6.45) is -39.7. The van der Waals surface area contributed by atoms with Gasteiger partial charge < -0.3 is 110 Å². The Bertz CT molecular complexity index is 1120. The first kappa shape index (κ1) is 40.9. The van der Waals surface area contributed by atoms with E-state index < -0.39 is 148 Å². The van der Waals surface area contributed by atoms with Crippen molar-refractivity contribution in [2.24, 2.45) is 5.73 Å². The molecule has 0 radical (unpaired) electrons. The molecule has 4 heterocycles. The van der Waals surface area contributed by atoms with Gasteiger partial charge in [0.1, 0.15) is 85.5 Å². The molecule has 20 atom stereocenters. The van der Waals surface area contributed by atoms with E-state index in [2.05, 4.69) is 0 Å². The molecule has 24 nitrogen and oxygen atoms in total. The van der Waals surface area contributed by atoms with Crippen LogP contribution in [0.2, 0.25) is 0 Å². The third-order valence-corrected chi connectivity index (χ3v) is 8.51. The smallest absolute Gasteiger partial charge is 0.335 e. The highest BCUT2D eigenvalue weighted by atomic mass is 16.8. The van der Waals surface area contributed by atoms with Crippen LogP contribution < -0.4 is 5.73 Å². The zero-order chi connectivity index (χ0) is 37.2. The van der Waals surface area contributed by atoms with Gasteiger partial charge in [-0.2, -0.15) is 0 Å². The van der Waals surface area contributed by atoms with Crippen molar-refractivity contribution in [3.63, 3.8) is 0 Å². The molecule has 4 aliphatic rings. The van der Waals surface area contributed by atoms with Crippen molar-refractivity contribution in [1.29, 1.82) is 0 Å². The summed E-state index contributed by atoms with van der Waals surface area (Å²) in [6, 6.07) is 0. The van der Waals surface area contributed by atoms with Crippen molar-refractivity contribution >= 4 is 11.9 Å². The van der Waals surface area contributed by atoms with E-state index in [0.29, 0.717) is 0 Å². The van der Waals surface area contributed by atoms with E-state index in [9.17, 15) is 76.0 Å². The Morgan fingerprint density at radius 3 is 1.38 bits per heavy atom. The number of hydrogen-bond acceptors (Lipinski definition) is 22. The molecule has 50 heavy (non-hydrogen) atoms. The number of carbonyl (C=O) groups is 2. The third-order valence-electron chi connectivity index (χ3n) is 8.51. The van der Waals surface area contributed by atoms with Crippen molar-refractivity contribution in [3.8, 4) is 0 Å². The van der Waals surface area contributed by atoms with Gasteiger partial charge in [-0.05, 0) is 0 Å². The second kappa shape index (κ2) is 17.3. The lowest BCUT2D eigenvalue weighted by atomic mass is 9.95. The molecule has 290 valence electrons. The highest BCUT2D eigenvalue weighted by Gasteiger charge is 2.56. The van der Waals surface area contributed by atoms with Crippen molar-refractivity contribution in [1.82, 2.24) is 0 Å². The summed E-state index contributed by atoms with van der Waals surface area (Å²) in [6.45, 7) is -1.98. The molecule has 15 N–H and O–H groups in total. The Kier molecular flexibility index (Phi) is 14.2. The highest BCUT2D eigenvalue weighted by Crippen LogP contribution is 2.34. The second-order valence-corrected chi connectivity index (χ2v) is 11.9. The molecule has 0 bridgehead atoms. The fourth-order valence-electron chi connectivity index (χ4n) is 5.82. The van der Waals surface area contributed by atoms with Crippen LogP contribution in [0.5, 0.6) is 0 Å². The molecule has 4 aliphatic heterocycles. The first-order chi connectivity index (χ1) is 23.6. The van der Waals surface area contributed by atoms with Gasteiger partial charge >= 0.3 is 11.9 Å². The number of hydrogen-bond donors (Lipinski definition) is 14. The number of aliphatic hydroxyl groups is 11. The molecular formula is C26H43NO23. The van der Waals surface area contributed by atoms with Crippen LogP contribution in [-0.4, -0.2) is 228 Å². The number of rotatable bonds is 13. The lowest BCUT2D eigenvalue weighted by Crippen LogP contribution is -2.68. The Morgan fingerprint density at radius 2 is 0.900 bits per heavy atom. The quantitative estimate of drug-likeness (QED) is 0.0834. The van der Waals surface area contributed by atoms with Crippen LogP contribution in [-0.2, 0) is 47.5 Å². The fraction of sp³-hybridized carbons (Fsp3) is 0.923. The standard InChI is InChI=1S/C26H43NO23/c27-1-2-43-23-12(35)9(32)16(5(3-28)44-23)47-26-15(38)18(14(37)20(50-26)22(41)42)48-24-13(36)10(33)17(6(4-29)45-24)46-25-11(34)7(30)8(31)19(49-25)21(39)40/h5-20,23-26,28-38H,1-4,27H2,(H,39,40)(H,41,42)/t5-,6+,7+,8-,9-,10+,11-,12+,13-,14-,15+,16+,17+,18-,19-,20-,23+,24-,25+,26+/m0/s1. The van der Waals surface area contributed by atoms with Gasteiger partial charge in [0.05, 0.1) is 19.8 Å². The zero-order valence-corrected chi connectivity index (χ0v) is 25.8. The van der Waals surface area contributed by atoms with Gasteiger partial charge in [-0.25, -0.2) is 9.59 Å². The van der Waals surface area contributed by atoms with Crippen molar-refractivity contribution in [2.45, 2.75) is 123 Å². The minimum absolute atomic E-state index is 0.0123. The summed E-state index contributed by atoms with van der Waals surface area (Å²) in [5.41, 5.74) is 5.36. The van der Waals surface area contributed by atoms with Gasteiger partial charge in [0.25, 0.3) is 0 Å². The maximum atomic E-state index is 12.0.